The molecule has 0 aliphatic heterocycles. The first-order valence-electron chi connectivity index (χ1n) is 7.11. The van der Waals surface area contributed by atoms with Gasteiger partial charge in [0.05, 0.1) is 17.1 Å². The van der Waals surface area contributed by atoms with Crippen LogP contribution in [-0.4, -0.2) is 29.4 Å². The van der Waals surface area contributed by atoms with Crippen molar-refractivity contribution in [2.75, 3.05) is 18.9 Å². The number of hydrogen-bond donors (Lipinski definition) is 1. The van der Waals surface area contributed by atoms with E-state index in [4.69, 9.17) is 23.2 Å². The minimum Gasteiger partial charge on any atom is -0.325 e. The number of carbonyl (C=O) groups excluding carboxylic acids is 1. The highest BCUT2D eigenvalue weighted by molar-refractivity contribution is 6.31. The lowest BCUT2D eigenvalue weighted by Gasteiger charge is -2.17. The van der Waals surface area contributed by atoms with Gasteiger partial charge in [-0.05, 0) is 36.9 Å². The Hall–Kier alpha value is -1.83. The number of pyridine rings is 1. The maximum atomic E-state index is 12.8. The van der Waals surface area contributed by atoms with Crippen molar-refractivity contribution in [3.8, 4) is 0 Å². The van der Waals surface area contributed by atoms with E-state index >= 15 is 0 Å². The van der Waals surface area contributed by atoms with E-state index in [1.54, 1.807) is 30.3 Å². The number of carbonyl (C=O) groups is 1. The Morgan fingerprint density at radius 3 is 2.56 bits per heavy atom. The van der Waals surface area contributed by atoms with Gasteiger partial charge in [0.25, 0.3) is 0 Å². The van der Waals surface area contributed by atoms with E-state index in [9.17, 15) is 18.0 Å². The second-order valence-electron chi connectivity index (χ2n) is 5.40. The largest absolute Gasteiger partial charge is 0.417 e. The number of benzene rings is 1. The molecule has 9 heteroatoms. The standard InChI is InChI=1S/C16H14Cl2F3N3O/c1-24(8-10-2-5-14(18)22-7-10)9-15(25)23-11-3-4-13(17)12(6-11)16(19,20)21/h2-7H,8-9H2,1H3,(H,23,25). The van der Waals surface area contributed by atoms with E-state index in [1.165, 1.54) is 6.07 Å². The zero-order valence-electron chi connectivity index (χ0n) is 13.1. The molecular weight excluding hydrogens is 378 g/mol. The summed E-state index contributed by atoms with van der Waals surface area (Å²) in [6.07, 6.45) is -3.00. The predicted molar refractivity (Wildman–Crippen MR) is 90.7 cm³/mol. The molecule has 0 aliphatic carbocycles. The Kier molecular flexibility index (Phi) is 6.26. The van der Waals surface area contributed by atoms with Crippen LogP contribution in [0.25, 0.3) is 0 Å². The van der Waals surface area contributed by atoms with Crippen LogP contribution in [0.4, 0.5) is 18.9 Å². The third-order valence-corrected chi connectivity index (χ3v) is 3.76. The molecule has 1 amide bonds. The summed E-state index contributed by atoms with van der Waals surface area (Å²) in [7, 11) is 1.71. The number of anilines is 1. The van der Waals surface area contributed by atoms with Gasteiger partial charge < -0.3 is 5.32 Å². The van der Waals surface area contributed by atoms with Crippen LogP contribution in [0.3, 0.4) is 0 Å². The predicted octanol–water partition coefficient (Wildman–Crippen LogP) is 4.48. The molecule has 1 N–H and O–H groups in total. The number of rotatable bonds is 5. The first-order valence-corrected chi connectivity index (χ1v) is 7.86. The topological polar surface area (TPSA) is 45.2 Å². The zero-order valence-corrected chi connectivity index (χ0v) is 14.6. The summed E-state index contributed by atoms with van der Waals surface area (Å²) < 4.78 is 38.5. The maximum absolute atomic E-state index is 12.8. The molecule has 0 fully saturated rings. The molecule has 0 atom stereocenters. The lowest BCUT2D eigenvalue weighted by atomic mass is 10.2. The van der Waals surface area contributed by atoms with E-state index < -0.39 is 22.7 Å². The number of aromatic nitrogens is 1. The molecule has 2 aromatic rings. The van der Waals surface area contributed by atoms with Crippen molar-refractivity contribution >= 4 is 34.8 Å². The number of nitrogens with one attached hydrogen (secondary N) is 1. The quantitative estimate of drug-likeness (QED) is 0.764. The summed E-state index contributed by atoms with van der Waals surface area (Å²) in [4.78, 5) is 17.6. The van der Waals surface area contributed by atoms with Crippen LogP contribution in [0.15, 0.2) is 36.5 Å². The molecule has 134 valence electrons. The minimum atomic E-state index is -4.59. The van der Waals surface area contributed by atoms with Gasteiger partial charge in [0.15, 0.2) is 0 Å². The van der Waals surface area contributed by atoms with Gasteiger partial charge in [0.1, 0.15) is 5.15 Å². The fourth-order valence-electron chi connectivity index (χ4n) is 2.13. The molecular formula is C16H14Cl2F3N3O. The molecule has 0 spiro atoms. The molecule has 2 rings (SSSR count). The molecule has 1 heterocycles. The Morgan fingerprint density at radius 2 is 1.96 bits per heavy atom. The van der Waals surface area contributed by atoms with Crippen molar-refractivity contribution in [3.05, 3.63) is 57.8 Å². The smallest absolute Gasteiger partial charge is 0.325 e. The van der Waals surface area contributed by atoms with E-state index in [2.05, 4.69) is 10.3 Å². The van der Waals surface area contributed by atoms with E-state index in [1.807, 2.05) is 0 Å². The van der Waals surface area contributed by atoms with Gasteiger partial charge in [-0.15, -0.1) is 0 Å². The molecule has 0 aliphatic rings. The number of likely N-dealkylation sites (N-methyl/N-ethyl adjacent to an activating group) is 1. The fraction of sp³-hybridized carbons (Fsp3) is 0.250. The van der Waals surface area contributed by atoms with E-state index in [0.717, 1.165) is 17.7 Å². The Balaban J connectivity index is 1.96. The number of nitrogens with zero attached hydrogens (tertiary/aromatic N) is 2. The summed E-state index contributed by atoms with van der Waals surface area (Å²) in [6, 6.07) is 6.64. The van der Waals surface area contributed by atoms with Crippen LogP contribution < -0.4 is 5.32 Å². The van der Waals surface area contributed by atoms with E-state index in [-0.39, 0.29) is 12.2 Å². The van der Waals surface area contributed by atoms with Crippen LogP contribution in [0, 0.1) is 0 Å². The summed E-state index contributed by atoms with van der Waals surface area (Å²) in [5.74, 6) is -0.445. The first-order chi connectivity index (χ1) is 11.6. The Bertz CT molecular complexity index is 751. The highest BCUT2D eigenvalue weighted by Crippen LogP contribution is 2.36. The monoisotopic (exact) mass is 391 g/mol. The van der Waals surface area contributed by atoms with Gasteiger partial charge in [0, 0.05) is 18.4 Å². The zero-order chi connectivity index (χ0) is 18.6. The van der Waals surface area contributed by atoms with Crippen molar-refractivity contribution in [2.45, 2.75) is 12.7 Å². The van der Waals surface area contributed by atoms with Crippen molar-refractivity contribution in [1.29, 1.82) is 0 Å². The summed E-state index contributed by atoms with van der Waals surface area (Å²) >= 11 is 11.2. The first kappa shape index (κ1) is 19.5. The molecule has 0 saturated heterocycles. The Morgan fingerprint density at radius 1 is 1.24 bits per heavy atom. The Labute approximate surface area is 152 Å². The third-order valence-electron chi connectivity index (χ3n) is 3.21. The SMILES string of the molecule is CN(CC(=O)Nc1ccc(Cl)c(C(F)(F)F)c1)Cc1ccc(Cl)nc1. The van der Waals surface area contributed by atoms with Gasteiger partial charge in [-0.1, -0.05) is 29.3 Å². The molecule has 1 aromatic heterocycles. The van der Waals surface area contributed by atoms with Gasteiger partial charge in [-0.25, -0.2) is 4.98 Å². The van der Waals surface area contributed by atoms with Gasteiger partial charge in [-0.2, -0.15) is 13.2 Å². The average Bonchev–Trinajstić information content (AvgIpc) is 2.50. The fourth-order valence-corrected chi connectivity index (χ4v) is 2.47. The highest BCUT2D eigenvalue weighted by atomic mass is 35.5. The third kappa shape index (κ3) is 5.88. The van der Waals surface area contributed by atoms with Crippen LogP contribution in [0.2, 0.25) is 10.2 Å². The maximum Gasteiger partial charge on any atom is 0.417 e. The lowest BCUT2D eigenvalue weighted by Crippen LogP contribution is -2.30. The van der Waals surface area contributed by atoms with Crippen LogP contribution >= 0.6 is 23.2 Å². The number of amides is 1. The summed E-state index contributed by atoms with van der Waals surface area (Å²) in [6.45, 7) is 0.429. The highest BCUT2D eigenvalue weighted by Gasteiger charge is 2.33. The van der Waals surface area contributed by atoms with Gasteiger partial charge in [-0.3, -0.25) is 9.69 Å². The molecule has 0 unspecified atom stereocenters. The molecule has 0 radical (unpaired) electrons. The van der Waals surface area contributed by atoms with Gasteiger partial charge >= 0.3 is 6.18 Å². The van der Waals surface area contributed by atoms with E-state index in [0.29, 0.717) is 11.7 Å². The van der Waals surface area contributed by atoms with Crippen molar-refractivity contribution in [2.24, 2.45) is 0 Å². The van der Waals surface area contributed by atoms with Gasteiger partial charge in [0.2, 0.25) is 5.91 Å². The molecule has 25 heavy (non-hydrogen) atoms. The lowest BCUT2D eigenvalue weighted by molar-refractivity contribution is -0.137. The summed E-state index contributed by atoms with van der Waals surface area (Å²) in [5, 5.41) is 2.38. The minimum absolute atomic E-state index is 0.00734. The number of alkyl halides is 3. The molecule has 1 aromatic carbocycles. The van der Waals surface area contributed by atoms with Crippen molar-refractivity contribution < 1.29 is 18.0 Å². The van der Waals surface area contributed by atoms with Crippen LogP contribution in [-0.2, 0) is 17.5 Å². The molecule has 0 bridgehead atoms. The van der Waals surface area contributed by atoms with Crippen molar-refractivity contribution in [1.82, 2.24) is 9.88 Å². The average molecular weight is 392 g/mol. The van der Waals surface area contributed by atoms with Crippen LogP contribution in [0.5, 0.6) is 0 Å². The number of halogens is 5. The molecule has 0 saturated carbocycles. The normalized spacial score (nSPS) is 11.6. The second kappa shape index (κ2) is 8.03. The molecule has 4 nitrogen and oxygen atoms in total. The van der Waals surface area contributed by atoms with Crippen molar-refractivity contribution in [3.63, 3.8) is 0 Å². The summed E-state index contributed by atoms with van der Waals surface area (Å²) in [5.41, 5.74) is -0.110. The van der Waals surface area contributed by atoms with Crippen LogP contribution in [0.1, 0.15) is 11.1 Å². The second-order valence-corrected chi connectivity index (χ2v) is 6.20. The number of hydrogen-bond acceptors (Lipinski definition) is 3.